The van der Waals surface area contributed by atoms with Gasteiger partial charge in [-0.15, -0.1) is 11.3 Å². The van der Waals surface area contributed by atoms with Crippen molar-refractivity contribution in [1.29, 1.82) is 0 Å². The van der Waals surface area contributed by atoms with E-state index in [1.807, 2.05) is 66.9 Å². The van der Waals surface area contributed by atoms with E-state index in [2.05, 4.69) is 10.6 Å². The van der Waals surface area contributed by atoms with E-state index in [-0.39, 0.29) is 5.91 Å². The summed E-state index contributed by atoms with van der Waals surface area (Å²) >= 11 is 1.45. The van der Waals surface area contributed by atoms with E-state index < -0.39 is 0 Å². The monoisotopic (exact) mass is 338 g/mol. The molecule has 1 heterocycles. The van der Waals surface area contributed by atoms with Crippen LogP contribution >= 0.6 is 11.3 Å². The van der Waals surface area contributed by atoms with Gasteiger partial charge in [0.25, 0.3) is 5.91 Å². The van der Waals surface area contributed by atoms with E-state index in [4.69, 9.17) is 4.74 Å². The van der Waals surface area contributed by atoms with Gasteiger partial charge < -0.3 is 15.4 Å². The zero-order valence-corrected chi connectivity index (χ0v) is 14.3. The molecule has 3 aromatic rings. The summed E-state index contributed by atoms with van der Waals surface area (Å²) in [5, 5.41) is 8.15. The standard InChI is InChI=1S/C19H18N2O2S/c1-13-11-12-24-18(13)19(22)21-16-5-3-14(4-6-16)20-15-7-9-17(23-2)10-8-15/h3-12,20H,1-2H3,(H,21,22). The number of aryl methyl sites for hydroxylation is 1. The van der Waals surface area contributed by atoms with Gasteiger partial charge >= 0.3 is 0 Å². The molecule has 3 rings (SSSR count). The second kappa shape index (κ2) is 7.19. The van der Waals surface area contributed by atoms with E-state index in [1.165, 1.54) is 11.3 Å². The van der Waals surface area contributed by atoms with Crippen LogP contribution < -0.4 is 15.4 Å². The van der Waals surface area contributed by atoms with Crippen molar-refractivity contribution in [2.45, 2.75) is 6.92 Å². The summed E-state index contributed by atoms with van der Waals surface area (Å²) < 4.78 is 5.14. The van der Waals surface area contributed by atoms with Gasteiger partial charge in [-0.2, -0.15) is 0 Å². The Morgan fingerprint density at radius 2 is 1.50 bits per heavy atom. The molecular weight excluding hydrogens is 320 g/mol. The van der Waals surface area contributed by atoms with Crippen LogP contribution in [0.3, 0.4) is 0 Å². The van der Waals surface area contributed by atoms with Crippen molar-refractivity contribution in [2.75, 3.05) is 17.7 Å². The SMILES string of the molecule is COc1ccc(Nc2ccc(NC(=O)c3sccc3C)cc2)cc1. The first-order chi connectivity index (χ1) is 11.7. The normalized spacial score (nSPS) is 10.2. The minimum Gasteiger partial charge on any atom is -0.497 e. The maximum absolute atomic E-state index is 12.2. The number of benzene rings is 2. The predicted molar refractivity (Wildman–Crippen MR) is 99.7 cm³/mol. The van der Waals surface area contributed by atoms with Crippen molar-refractivity contribution in [3.05, 3.63) is 70.4 Å². The number of carbonyl (C=O) groups excluding carboxylic acids is 1. The first-order valence-electron chi connectivity index (χ1n) is 7.52. The van der Waals surface area contributed by atoms with Gasteiger partial charge in [-0.3, -0.25) is 4.79 Å². The number of thiophene rings is 1. The Morgan fingerprint density at radius 3 is 2.04 bits per heavy atom. The van der Waals surface area contributed by atoms with Crippen LogP contribution in [0, 0.1) is 6.92 Å². The minimum absolute atomic E-state index is 0.0710. The highest BCUT2D eigenvalue weighted by Gasteiger charge is 2.10. The fourth-order valence-corrected chi connectivity index (χ4v) is 3.09. The number of rotatable bonds is 5. The summed E-state index contributed by atoms with van der Waals surface area (Å²) in [6.07, 6.45) is 0. The highest BCUT2D eigenvalue weighted by Crippen LogP contribution is 2.22. The van der Waals surface area contributed by atoms with Gasteiger partial charge in [0.15, 0.2) is 0 Å². The van der Waals surface area contributed by atoms with Gasteiger partial charge in [-0.25, -0.2) is 0 Å². The molecule has 1 aromatic heterocycles. The molecule has 5 heteroatoms. The molecule has 0 saturated heterocycles. The van der Waals surface area contributed by atoms with Crippen LogP contribution in [-0.4, -0.2) is 13.0 Å². The fraction of sp³-hybridized carbons (Fsp3) is 0.105. The molecule has 0 radical (unpaired) electrons. The Kier molecular flexibility index (Phi) is 4.82. The topological polar surface area (TPSA) is 50.4 Å². The van der Waals surface area contributed by atoms with E-state index in [9.17, 15) is 4.79 Å². The van der Waals surface area contributed by atoms with Crippen LogP contribution in [0.5, 0.6) is 5.75 Å². The largest absolute Gasteiger partial charge is 0.497 e. The third kappa shape index (κ3) is 3.75. The van der Waals surface area contributed by atoms with E-state index in [1.54, 1.807) is 7.11 Å². The number of ether oxygens (including phenoxy) is 1. The lowest BCUT2D eigenvalue weighted by Crippen LogP contribution is -2.11. The second-order valence-corrected chi connectivity index (χ2v) is 6.23. The second-order valence-electron chi connectivity index (χ2n) is 5.32. The average Bonchev–Trinajstić information content (AvgIpc) is 3.03. The van der Waals surface area contributed by atoms with Crippen molar-refractivity contribution in [2.24, 2.45) is 0 Å². The van der Waals surface area contributed by atoms with Crippen LogP contribution in [0.4, 0.5) is 17.1 Å². The predicted octanol–water partition coefficient (Wildman–Crippen LogP) is 5.06. The molecule has 4 nitrogen and oxygen atoms in total. The van der Waals surface area contributed by atoms with Crippen molar-refractivity contribution in [1.82, 2.24) is 0 Å². The fourth-order valence-electron chi connectivity index (χ4n) is 2.27. The Balaban J connectivity index is 1.64. The molecule has 0 aliphatic rings. The number of hydrogen-bond donors (Lipinski definition) is 2. The van der Waals surface area contributed by atoms with Gasteiger partial charge in [0, 0.05) is 17.1 Å². The molecule has 0 unspecified atom stereocenters. The summed E-state index contributed by atoms with van der Waals surface area (Å²) in [5.74, 6) is 0.751. The van der Waals surface area contributed by atoms with Crippen LogP contribution in [-0.2, 0) is 0 Å². The molecule has 0 aliphatic heterocycles. The lowest BCUT2D eigenvalue weighted by atomic mass is 10.2. The van der Waals surface area contributed by atoms with Gasteiger partial charge in [0.2, 0.25) is 0 Å². The van der Waals surface area contributed by atoms with Crippen molar-refractivity contribution < 1.29 is 9.53 Å². The quantitative estimate of drug-likeness (QED) is 0.683. The average molecular weight is 338 g/mol. The summed E-state index contributed by atoms with van der Waals surface area (Å²) in [5.41, 5.74) is 3.69. The van der Waals surface area contributed by atoms with Gasteiger partial charge in [0.1, 0.15) is 5.75 Å². The van der Waals surface area contributed by atoms with Gasteiger partial charge in [-0.1, -0.05) is 0 Å². The van der Waals surface area contributed by atoms with E-state index in [0.717, 1.165) is 33.3 Å². The molecule has 0 fully saturated rings. The molecule has 1 amide bonds. The molecule has 0 bridgehead atoms. The summed E-state index contributed by atoms with van der Waals surface area (Å²) in [6.45, 7) is 1.94. The molecule has 122 valence electrons. The third-order valence-corrected chi connectivity index (χ3v) is 4.61. The van der Waals surface area contributed by atoms with Crippen molar-refractivity contribution in [3.63, 3.8) is 0 Å². The van der Waals surface area contributed by atoms with Crippen LogP contribution in [0.25, 0.3) is 0 Å². The lowest BCUT2D eigenvalue weighted by Gasteiger charge is -2.09. The molecule has 2 aromatic carbocycles. The molecule has 0 aliphatic carbocycles. The van der Waals surface area contributed by atoms with Crippen LogP contribution in [0.1, 0.15) is 15.2 Å². The Labute approximate surface area is 145 Å². The van der Waals surface area contributed by atoms with E-state index >= 15 is 0 Å². The van der Waals surface area contributed by atoms with Crippen molar-refractivity contribution >= 4 is 34.3 Å². The smallest absolute Gasteiger partial charge is 0.265 e. The summed E-state index contributed by atoms with van der Waals surface area (Å²) in [4.78, 5) is 12.9. The third-order valence-electron chi connectivity index (χ3n) is 3.59. The maximum atomic E-state index is 12.2. The lowest BCUT2D eigenvalue weighted by molar-refractivity contribution is 0.103. The highest BCUT2D eigenvalue weighted by molar-refractivity contribution is 7.12. The van der Waals surface area contributed by atoms with Crippen LogP contribution in [0.15, 0.2) is 60.0 Å². The Morgan fingerprint density at radius 1 is 0.917 bits per heavy atom. The molecule has 2 N–H and O–H groups in total. The first kappa shape index (κ1) is 16.1. The van der Waals surface area contributed by atoms with E-state index in [0.29, 0.717) is 0 Å². The summed E-state index contributed by atoms with van der Waals surface area (Å²) in [7, 11) is 1.65. The highest BCUT2D eigenvalue weighted by atomic mass is 32.1. The Hall–Kier alpha value is -2.79. The van der Waals surface area contributed by atoms with Crippen molar-refractivity contribution in [3.8, 4) is 5.75 Å². The zero-order chi connectivity index (χ0) is 16.9. The number of nitrogens with one attached hydrogen (secondary N) is 2. The molecule has 0 spiro atoms. The van der Waals surface area contributed by atoms with Crippen LogP contribution in [0.2, 0.25) is 0 Å². The minimum atomic E-state index is -0.0710. The number of hydrogen-bond acceptors (Lipinski definition) is 4. The van der Waals surface area contributed by atoms with Gasteiger partial charge in [-0.05, 0) is 72.5 Å². The number of carbonyl (C=O) groups is 1. The number of methoxy groups -OCH3 is 1. The zero-order valence-electron chi connectivity index (χ0n) is 13.5. The first-order valence-corrected chi connectivity index (χ1v) is 8.40. The maximum Gasteiger partial charge on any atom is 0.265 e. The number of amides is 1. The molecule has 24 heavy (non-hydrogen) atoms. The van der Waals surface area contributed by atoms with Gasteiger partial charge in [0.05, 0.1) is 12.0 Å². The molecule has 0 atom stereocenters. The molecular formula is C19H18N2O2S. The summed E-state index contributed by atoms with van der Waals surface area (Å²) in [6, 6.07) is 17.3. The number of anilines is 3. The molecule has 0 saturated carbocycles. The Bertz CT molecular complexity index is 823.